The van der Waals surface area contributed by atoms with Gasteiger partial charge in [-0.05, 0) is 24.3 Å². The maximum Gasteiger partial charge on any atom is 0.212 e. The highest BCUT2D eigenvalue weighted by Crippen LogP contribution is 2.42. The van der Waals surface area contributed by atoms with Crippen molar-refractivity contribution in [3.05, 3.63) is 106 Å². The molecule has 0 amide bonds. The minimum absolute atomic E-state index is 0.117. The summed E-state index contributed by atoms with van der Waals surface area (Å²) in [4.78, 5) is 25.3. The van der Waals surface area contributed by atoms with E-state index in [1.807, 2.05) is 60.7 Å². The van der Waals surface area contributed by atoms with E-state index in [1.165, 1.54) is 12.1 Å². The number of aromatic nitrogens is 2. The number of hydrogen-bond acceptors (Lipinski definition) is 3. The fourth-order valence-corrected chi connectivity index (χ4v) is 3.57. The molecule has 0 atom stereocenters. The zero-order valence-electron chi connectivity index (χ0n) is 14.3. The molecule has 0 bridgehead atoms. The van der Waals surface area contributed by atoms with E-state index >= 15 is 0 Å². The predicted molar refractivity (Wildman–Crippen MR) is 104 cm³/mol. The number of carbonyl (C=O) groups excluding carboxylic acids is 1. The molecule has 4 nitrogen and oxygen atoms in total. The second-order valence-corrected chi connectivity index (χ2v) is 6.41. The molecule has 1 aliphatic rings. The monoisotopic (exact) mass is 350 g/mol. The first-order valence-corrected chi connectivity index (χ1v) is 8.67. The molecule has 1 aliphatic carbocycles. The number of rotatable bonds is 2. The lowest BCUT2D eigenvalue weighted by molar-refractivity contribution is 0.103. The van der Waals surface area contributed by atoms with Crippen molar-refractivity contribution >= 4 is 5.78 Å². The number of fused-ring (bicyclic) bond motifs is 3. The fourth-order valence-electron chi connectivity index (χ4n) is 3.57. The minimum atomic E-state index is -0.136. The highest BCUT2D eigenvalue weighted by molar-refractivity contribution is 6.22. The van der Waals surface area contributed by atoms with Crippen LogP contribution in [0.1, 0.15) is 16.1 Å². The van der Waals surface area contributed by atoms with Crippen LogP contribution in [0.25, 0.3) is 28.1 Å². The standard InChI is InChI=1S/C23H14N2O2/c26-17-12-7-13-18-19(14-17)20-21(15-8-3-1-4-9-15)24-25(22(20)23(18)27)16-10-5-2-6-11-16/h1-14H. The molecule has 3 aromatic carbocycles. The summed E-state index contributed by atoms with van der Waals surface area (Å²) < 4.78 is 1.68. The first-order valence-electron chi connectivity index (χ1n) is 8.67. The molecular weight excluding hydrogens is 336 g/mol. The van der Waals surface area contributed by atoms with E-state index in [0.717, 1.165) is 16.8 Å². The van der Waals surface area contributed by atoms with E-state index in [-0.39, 0.29) is 11.2 Å². The Morgan fingerprint density at radius 3 is 2.15 bits per heavy atom. The highest BCUT2D eigenvalue weighted by atomic mass is 16.1. The van der Waals surface area contributed by atoms with Gasteiger partial charge in [-0.15, -0.1) is 0 Å². The van der Waals surface area contributed by atoms with Crippen LogP contribution in [0.5, 0.6) is 0 Å². The van der Waals surface area contributed by atoms with Gasteiger partial charge in [0.1, 0.15) is 11.4 Å². The van der Waals surface area contributed by atoms with Crippen LogP contribution in [-0.4, -0.2) is 15.6 Å². The number of ketones is 1. The van der Waals surface area contributed by atoms with Gasteiger partial charge in [-0.2, -0.15) is 5.10 Å². The summed E-state index contributed by atoms with van der Waals surface area (Å²) >= 11 is 0. The summed E-state index contributed by atoms with van der Waals surface area (Å²) in [5, 5.41) is 4.77. The number of carbonyl (C=O) groups is 1. The second kappa shape index (κ2) is 5.88. The van der Waals surface area contributed by atoms with Gasteiger partial charge >= 0.3 is 0 Å². The summed E-state index contributed by atoms with van der Waals surface area (Å²) in [6.45, 7) is 0. The molecule has 128 valence electrons. The SMILES string of the molecule is O=C1c2cccc(=O)cc2-c2c(-c3ccccc3)nn(-c3ccccc3)c21. The van der Waals surface area contributed by atoms with Crippen molar-refractivity contribution in [2.45, 2.75) is 0 Å². The van der Waals surface area contributed by atoms with Crippen molar-refractivity contribution in [1.29, 1.82) is 0 Å². The van der Waals surface area contributed by atoms with Crippen molar-refractivity contribution < 1.29 is 4.79 Å². The molecule has 0 radical (unpaired) electrons. The molecule has 4 aromatic rings. The molecule has 0 fully saturated rings. The Bertz CT molecular complexity index is 1240. The Kier molecular flexibility index (Phi) is 3.37. The van der Waals surface area contributed by atoms with E-state index in [9.17, 15) is 9.59 Å². The van der Waals surface area contributed by atoms with Gasteiger partial charge in [-0.25, -0.2) is 4.68 Å². The number of hydrogen-bond donors (Lipinski definition) is 0. The first kappa shape index (κ1) is 15.5. The predicted octanol–water partition coefficient (Wildman–Crippen LogP) is 4.11. The molecule has 5 rings (SSSR count). The van der Waals surface area contributed by atoms with Crippen LogP contribution in [0.3, 0.4) is 0 Å². The van der Waals surface area contributed by atoms with E-state index in [1.54, 1.807) is 16.8 Å². The third-order valence-corrected chi connectivity index (χ3v) is 4.76. The smallest absolute Gasteiger partial charge is 0.212 e. The van der Waals surface area contributed by atoms with Crippen molar-refractivity contribution in [1.82, 2.24) is 9.78 Å². The number of benzene rings is 2. The van der Waals surface area contributed by atoms with Crippen molar-refractivity contribution in [2.75, 3.05) is 0 Å². The molecule has 0 spiro atoms. The molecule has 0 N–H and O–H groups in total. The molecule has 0 saturated heterocycles. The molecule has 0 unspecified atom stereocenters. The van der Waals surface area contributed by atoms with Crippen molar-refractivity contribution in [2.24, 2.45) is 0 Å². The van der Waals surface area contributed by atoms with Crippen LogP contribution < -0.4 is 5.43 Å². The lowest BCUT2D eigenvalue weighted by Gasteiger charge is -2.04. The summed E-state index contributed by atoms with van der Waals surface area (Å²) in [6, 6.07) is 25.6. The second-order valence-electron chi connectivity index (χ2n) is 6.41. The van der Waals surface area contributed by atoms with E-state index in [4.69, 9.17) is 5.10 Å². The number of para-hydroxylation sites is 1. The van der Waals surface area contributed by atoms with Gasteiger partial charge in [0.25, 0.3) is 0 Å². The Balaban J connectivity index is 1.90. The normalized spacial score (nSPS) is 11.9. The summed E-state index contributed by atoms with van der Waals surface area (Å²) in [6.07, 6.45) is 0. The highest BCUT2D eigenvalue weighted by Gasteiger charge is 2.35. The topological polar surface area (TPSA) is 52.0 Å². The van der Waals surface area contributed by atoms with Gasteiger partial charge in [0, 0.05) is 22.3 Å². The van der Waals surface area contributed by atoms with Crippen LogP contribution in [0.4, 0.5) is 0 Å². The third kappa shape index (κ3) is 2.34. The molecule has 0 saturated carbocycles. The zero-order chi connectivity index (χ0) is 18.4. The maximum atomic E-state index is 13.2. The summed E-state index contributed by atoms with van der Waals surface area (Å²) in [5.74, 6) is -0.117. The molecule has 4 heteroatoms. The molecule has 1 heterocycles. The third-order valence-electron chi connectivity index (χ3n) is 4.76. The Morgan fingerprint density at radius 2 is 1.41 bits per heavy atom. The van der Waals surface area contributed by atoms with Gasteiger partial charge in [0.2, 0.25) is 5.78 Å². The molecular formula is C23H14N2O2. The average molecular weight is 350 g/mol. The Labute approximate surface area is 155 Å². The zero-order valence-corrected chi connectivity index (χ0v) is 14.3. The van der Waals surface area contributed by atoms with Crippen LogP contribution in [0, 0.1) is 0 Å². The van der Waals surface area contributed by atoms with Gasteiger partial charge in [-0.1, -0.05) is 60.7 Å². The van der Waals surface area contributed by atoms with Gasteiger partial charge in [-0.3, -0.25) is 9.59 Å². The van der Waals surface area contributed by atoms with Crippen LogP contribution in [-0.2, 0) is 0 Å². The van der Waals surface area contributed by atoms with Crippen LogP contribution >= 0.6 is 0 Å². The minimum Gasteiger partial charge on any atom is -0.290 e. The fraction of sp³-hybridized carbons (Fsp3) is 0. The first-order chi connectivity index (χ1) is 13.2. The molecule has 1 aromatic heterocycles. The average Bonchev–Trinajstić information content (AvgIpc) is 3.14. The summed E-state index contributed by atoms with van der Waals surface area (Å²) in [5.41, 5.74) is 4.68. The van der Waals surface area contributed by atoms with Crippen LogP contribution in [0.2, 0.25) is 0 Å². The van der Waals surface area contributed by atoms with Crippen molar-refractivity contribution in [3.63, 3.8) is 0 Å². The van der Waals surface area contributed by atoms with E-state index in [0.29, 0.717) is 22.5 Å². The van der Waals surface area contributed by atoms with Crippen LogP contribution in [0.15, 0.2) is 89.7 Å². The lowest BCUT2D eigenvalue weighted by Crippen LogP contribution is -2.07. The lowest BCUT2D eigenvalue weighted by atomic mass is 10.0. The Morgan fingerprint density at radius 1 is 0.704 bits per heavy atom. The largest absolute Gasteiger partial charge is 0.290 e. The quantitative estimate of drug-likeness (QED) is 0.481. The van der Waals surface area contributed by atoms with E-state index < -0.39 is 0 Å². The van der Waals surface area contributed by atoms with E-state index in [2.05, 4.69) is 0 Å². The maximum absolute atomic E-state index is 13.2. The summed E-state index contributed by atoms with van der Waals surface area (Å²) in [7, 11) is 0. The number of nitrogens with zero attached hydrogens (tertiary/aromatic N) is 2. The van der Waals surface area contributed by atoms with Gasteiger partial charge in [0.05, 0.1) is 5.69 Å². The van der Waals surface area contributed by atoms with Gasteiger partial charge < -0.3 is 0 Å². The van der Waals surface area contributed by atoms with Gasteiger partial charge in [0.15, 0.2) is 5.43 Å². The molecule has 27 heavy (non-hydrogen) atoms. The van der Waals surface area contributed by atoms with Crippen molar-refractivity contribution in [3.8, 4) is 28.1 Å². The molecule has 0 aliphatic heterocycles. The Hall–Kier alpha value is -3.79.